The summed E-state index contributed by atoms with van der Waals surface area (Å²) in [6.07, 6.45) is 1.20. The lowest BCUT2D eigenvalue weighted by Gasteiger charge is -2.17. The van der Waals surface area contributed by atoms with Crippen LogP contribution in [0.2, 0.25) is 0 Å². The summed E-state index contributed by atoms with van der Waals surface area (Å²) in [5.41, 5.74) is 3.92. The highest BCUT2D eigenvalue weighted by Crippen LogP contribution is 2.63. The van der Waals surface area contributed by atoms with Crippen LogP contribution in [-0.4, -0.2) is 42.3 Å². The van der Waals surface area contributed by atoms with Gasteiger partial charge in [-0.3, -0.25) is 9.59 Å². The second-order valence-electron chi connectivity index (χ2n) is 8.75. The minimum absolute atomic E-state index is 0.0376. The predicted octanol–water partition coefficient (Wildman–Crippen LogP) is 2.89. The lowest BCUT2D eigenvalue weighted by atomic mass is 9.98. The van der Waals surface area contributed by atoms with Crippen LogP contribution < -0.4 is 10.6 Å². The smallest absolute Gasteiger partial charge is 0.407 e. The van der Waals surface area contributed by atoms with Crippen molar-refractivity contribution in [3.05, 3.63) is 59.7 Å². The molecule has 0 spiro atoms. The standard InChI is InChI=1S/C24H24N2O5/c27-21(26-15-9-14-10-24(14,11-15)22(28)29)12-25-23(30)31-13-20-18-7-3-1-5-16(18)17-6-2-4-8-19(17)20/h1-8,14-15,20H,9-13H2,(H,25,30)(H,26,27)(H,28,29)/t14-,15+,24+/m1/s1. The summed E-state index contributed by atoms with van der Waals surface area (Å²) in [7, 11) is 0. The van der Waals surface area contributed by atoms with Gasteiger partial charge in [0, 0.05) is 12.0 Å². The molecule has 2 saturated carbocycles. The second-order valence-corrected chi connectivity index (χ2v) is 8.75. The molecule has 0 saturated heterocycles. The van der Waals surface area contributed by atoms with Crippen LogP contribution in [0.25, 0.3) is 11.1 Å². The van der Waals surface area contributed by atoms with E-state index in [2.05, 4.69) is 22.8 Å². The van der Waals surface area contributed by atoms with E-state index in [1.54, 1.807) is 0 Å². The van der Waals surface area contributed by atoms with Crippen LogP contribution in [0.1, 0.15) is 36.3 Å². The summed E-state index contributed by atoms with van der Waals surface area (Å²) < 4.78 is 5.42. The molecule has 160 valence electrons. The number of carboxylic acids is 1. The molecule has 3 aliphatic rings. The fraction of sp³-hybridized carbons (Fsp3) is 0.375. The number of carbonyl (C=O) groups is 3. The molecule has 0 bridgehead atoms. The molecule has 0 heterocycles. The Kier molecular flexibility index (Phi) is 4.68. The molecule has 0 unspecified atom stereocenters. The zero-order valence-corrected chi connectivity index (χ0v) is 17.0. The van der Waals surface area contributed by atoms with Crippen LogP contribution >= 0.6 is 0 Å². The minimum Gasteiger partial charge on any atom is -0.481 e. The Balaban J connectivity index is 1.11. The number of hydrogen-bond donors (Lipinski definition) is 3. The van der Waals surface area contributed by atoms with Gasteiger partial charge in [-0.15, -0.1) is 0 Å². The Morgan fingerprint density at radius 3 is 2.26 bits per heavy atom. The normalized spacial score (nSPS) is 25.2. The molecule has 7 nitrogen and oxygen atoms in total. The van der Waals surface area contributed by atoms with E-state index in [0.717, 1.165) is 22.3 Å². The number of aliphatic carboxylic acids is 1. The van der Waals surface area contributed by atoms with E-state index in [1.807, 2.05) is 36.4 Å². The monoisotopic (exact) mass is 420 g/mol. The summed E-state index contributed by atoms with van der Waals surface area (Å²) in [5, 5.41) is 14.6. The van der Waals surface area contributed by atoms with E-state index in [1.165, 1.54) is 0 Å². The van der Waals surface area contributed by atoms with Crippen molar-refractivity contribution in [2.45, 2.75) is 31.2 Å². The van der Waals surface area contributed by atoms with E-state index in [-0.39, 0.29) is 36.9 Å². The summed E-state index contributed by atoms with van der Waals surface area (Å²) in [6, 6.07) is 16.0. The summed E-state index contributed by atoms with van der Waals surface area (Å²) in [4.78, 5) is 35.7. The Morgan fingerprint density at radius 2 is 1.65 bits per heavy atom. The Morgan fingerprint density at radius 1 is 1.00 bits per heavy atom. The number of alkyl carbamates (subject to hydrolysis) is 1. The molecule has 3 aliphatic carbocycles. The van der Waals surface area contributed by atoms with Crippen LogP contribution in [-0.2, 0) is 14.3 Å². The van der Waals surface area contributed by atoms with Crippen molar-refractivity contribution in [2.24, 2.45) is 11.3 Å². The van der Waals surface area contributed by atoms with Gasteiger partial charge >= 0.3 is 12.1 Å². The van der Waals surface area contributed by atoms with E-state index in [4.69, 9.17) is 4.74 Å². The second kappa shape index (κ2) is 7.41. The molecule has 0 aliphatic heterocycles. The number of carboxylic acid groups (broad SMARTS) is 1. The molecule has 2 amide bonds. The van der Waals surface area contributed by atoms with Crippen molar-refractivity contribution in [1.29, 1.82) is 0 Å². The quantitative estimate of drug-likeness (QED) is 0.667. The largest absolute Gasteiger partial charge is 0.481 e. The molecule has 2 aromatic rings. The molecule has 2 aromatic carbocycles. The van der Waals surface area contributed by atoms with Gasteiger partial charge in [-0.1, -0.05) is 48.5 Å². The van der Waals surface area contributed by atoms with Crippen molar-refractivity contribution in [3.63, 3.8) is 0 Å². The van der Waals surface area contributed by atoms with E-state index < -0.39 is 17.5 Å². The van der Waals surface area contributed by atoms with Gasteiger partial charge < -0.3 is 20.5 Å². The van der Waals surface area contributed by atoms with Crippen LogP contribution in [0.4, 0.5) is 4.79 Å². The number of fused-ring (bicyclic) bond motifs is 4. The number of hydrogen-bond acceptors (Lipinski definition) is 4. The van der Waals surface area contributed by atoms with Gasteiger partial charge in [0.05, 0.1) is 5.41 Å². The molecule has 3 N–H and O–H groups in total. The average Bonchev–Trinajstić information content (AvgIpc) is 3.20. The maximum Gasteiger partial charge on any atom is 0.407 e. The first kappa shape index (κ1) is 19.6. The average molecular weight is 420 g/mol. The number of carbonyl (C=O) groups excluding carboxylic acids is 2. The van der Waals surface area contributed by atoms with Crippen molar-refractivity contribution >= 4 is 18.0 Å². The van der Waals surface area contributed by atoms with Crippen molar-refractivity contribution in [3.8, 4) is 11.1 Å². The molecular weight excluding hydrogens is 396 g/mol. The third kappa shape index (κ3) is 3.44. The fourth-order valence-corrected chi connectivity index (χ4v) is 5.35. The molecular formula is C24H24N2O5. The van der Waals surface area contributed by atoms with E-state index in [0.29, 0.717) is 19.3 Å². The molecule has 0 radical (unpaired) electrons. The molecule has 7 heteroatoms. The maximum absolute atomic E-state index is 12.2. The topological polar surface area (TPSA) is 105 Å². The van der Waals surface area contributed by atoms with Gasteiger partial charge in [0.15, 0.2) is 0 Å². The number of rotatable bonds is 6. The number of amides is 2. The zero-order valence-electron chi connectivity index (χ0n) is 17.0. The molecule has 0 aromatic heterocycles. The van der Waals surface area contributed by atoms with Gasteiger partial charge in [-0.05, 0) is 47.4 Å². The third-order valence-electron chi connectivity index (χ3n) is 6.94. The first-order chi connectivity index (χ1) is 15.0. The van der Waals surface area contributed by atoms with Gasteiger partial charge in [0.2, 0.25) is 5.91 Å². The Labute approximate surface area is 179 Å². The Bertz CT molecular complexity index is 1020. The van der Waals surface area contributed by atoms with E-state index >= 15 is 0 Å². The summed E-state index contributed by atoms with van der Waals surface area (Å²) in [6.45, 7) is -0.00910. The molecule has 2 fully saturated rings. The highest BCUT2D eigenvalue weighted by molar-refractivity contribution is 5.84. The van der Waals surface area contributed by atoms with Gasteiger partial charge in [-0.25, -0.2) is 4.79 Å². The van der Waals surface area contributed by atoms with Gasteiger partial charge in [0.1, 0.15) is 13.2 Å². The third-order valence-corrected chi connectivity index (χ3v) is 6.94. The van der Waals surface area contributed by atoms with Crippen molar-refractivity contribution < 1.29 is 24.2 Å². The van der Waals surface area contributed by atoms with Crippen molar-refractivity contribution in [2.75, 3.05) is 13.2 Å². The highest BCUT2D eigenvalue weighted by atomic mass is 16.5. The van der Waals surface area contributed by atoms with Crippen LogP contribution in [0.3, 0.4) is 0 Å². The fourth-order valence-electron chi connectivity index (χ4n) is 5.35. The summed E-state index contributed by atoms with van der Waals surface area (Å²) in [5.74, 6) is -0.985. The number of ether oxygens (including phenoxy) is 1. The lowest BCUT2D eigenvalue weighted by Crippen LogP contribution is -2.42. The van der Waals surface area contributed by atoms with Crippen LogP contribution in [0, 0.1) is 11.3 Å². The molecule has 3 atom stereocenters. The molecule has 31 heavy (non-hydrogen) atoms. The Hall–Kier alpha value is -3.35. The zero-order chi connectivity index (χ0) is 21.6. The number of benzene rings is 2. The number of nitrogens with one attached hydrogen (secondary N) is 2. The molecule has 5 rings (SSSR count). The van der Waals surface area contributed by atoms with Gasteiger partial charge in [0.25, 0.3) is 0 Å². The highest BCUT2D eigenvalue weighted by Gasteiger charge is 2.65. The lowest BCUT2D eigenvalue weighted by molar-refractivity contribution is -0.143. The first-order valence-electron chi connectivity index (χ1n) is 10.6. The van der Waals surface area contributed by atoms with Crippen LogP contribution in [0.5, 0.6) is 0 Å². The van der Waals surface area contributed by atoms with Crippen molar-refractivity contribution in [1.82, 2.24) is 10.6 Å². The summed E-state index contributed by atoms with van der Waals surface area (Å²) >= 11 is 0. The van der Waals surface area contributed by atoms with Gasteiger partial charge in [-0.2, -0.15) is 0 Å². The minimum atomic E-state index is -0.772. The maximum atomic E-state index is 12.2. The predicted molar refractivity (Wildman–Crippen MR) is 112 cm³/mol. The first-order valence-corrected chi connectivity index (χ1v) is 10.6. The SMILES string of the molecule is O=C(CNC(=O)OCC1c2ccccc2-c2ccccc21)N[C@H]1C[C@@H]2C[C@]2(C(=O)O)C1. The van der Waals surface area contributed by atoms with Crippen LogP contribution in [0.15, 0.2) is 48.5 Å². The van der Waals surface area contributed by atoms with E-state index in [9.17, 15) is 19.5 Å².